The highest BCUT2D eigenvalue weighted by Crippen LogP contribution is 2.28. The number of benzene rings is 3. The summed E-state index contributed by atoms with van der Waals surface area (Å²) in [5.41, 5.74) is 4.09. The van der Waals surface area contributed by atoms with Gasteiger partial charge in [-0.15, -0.1) is 0 Å². The van der Waals surface area contributed by atoms with Gasteiger partial charge < -0.3 is 5.32 Å². The fourth-order valence-corrected chi connectivity index (χ4v) is 3.41. The first-order valence-electron chi connectivity index (χ1n) is 8.40. The van der Waals surface area contributed by atoms with Gasteiger partial charge in [-0.05, 0) is 33.5 Å². The third-order valence-corrected chi connectivity index (χ3v) is 4.68. The highest BCUT2D eigenvalue weighted by molar-refractivity contribution is 5.87. The van der Waals surface area contributed by atoms with Crippen LogP contribution in [0.1, 0.15) is 5.56 Å². The molecule has 0 unspecified atom stereocenters. The molecule has 0 radical (unpaired) electrons. The molecule has 0 bridgehead atoms. The standard InChI is InChI=1S/C21H22N2/c1-2-6-18-15-19(10-9-17(18)5-1)21-8-4-3-7-20(21)16-23-13-11-22-12-14-23/h1-10,15,22H,11-14,16H2. The molecule has 2 heteroatoms. The Bertz CT molecular complexity index is 804. The number of piperazine rings is 1. The van der Waals surface area contributed by atoms with E-state index in [0.717, 1.165) is 32.7 Å². The number of rotatable bonds is 3. The van der Waals surface area contributed by atoms with E-state index in [4.69, 9.17) is 0 Å². The van der Waals surface area contributed by atoms with Gasteiger partial charge in [0.05, 0.1) is 0 Å². The van der Waals surface area contributed by atoms with Crippen molar-refractivity contribution in [3.05, 3.63) is 72.3 Å². The molecule has 1 saturated heterocycles. The van der Waals surface area contributed by atoms with Crippen LogP contribution in [0.2, 0.25) is 0 Å². The van der Waals surface area contributed by atoms with E-state index in [2.05, 4.69) is 76.9 Å². The second-order valence-corrected chi connectivity index (χ2v) is 6.25. The van der Waals surface area contributed by atoms with Gasteiger partial charge in [-0.2, -0.15) is 0 Å². The molecule has 0 atom stereocenters. The van der Waals surface area contributed by atoms with Crippen LogP contribution in [0.5, 0.6) is 0 Å². The number of nitrogens with zero attached hydrogens (tertiary/aromatic N) is 1. The first-order chi connectivity index (χ1) is 11.4. The number of nitrogens with one attached hydrogen (secondary N) is 1. The second-order valence-electron chi connectivity index (χ2n) is 6.25. The molecule has 0 aromatic heterocycles. The third kappa shape index (κ3) is 3.14. The fraction of sp³-hybridized carbons (Fsp3) is 0.238. The van der Waals surface area contributed by atoms with Crippen LogP contribution in [0.3, 0.4) is 0 Å². The van der Waals surface area contributed by atoms with Crippen LogP contribution >= 0.6 is 0 Å². The van der Waals surface area contributed by atoms with Crippen LogP contribution < -0.4 is 5.32 Å². The van der Waals surface area contributed by atoms with Crippen molar-refractivity contribution in [2.45, 2.75) is 6.54 Å². The van der Waals surface area contributed by atoms with Gasteiger partial charge in [0.1, 0.15) is 0 Å². The molecule has 1 aliphatic rings. The number of hydrogen-bond donors (Lipinski definition) is 1. The lowest BCUT2D eigenvalue weighted by atomic mass is 9.97. The van der Waals surface area contributed by atoms with Crippen molar-refractivity contribution in [3.63, 3.8) is 0 Å². The molecule has 1 fully saturated rings. The fourth-order valence-electron chi connectivity index (χ4n) is 3.41. The van der Waals surface area contributed by atoms with E-state index in [0.29, 0.717) is 0 Å². The smallest absolute Gasteiger partial charge is 0.0240 e. The predicted molar refractivity (Wildman–Crippen MR) is 97.5 cm³/mol. The summed E-state index contributed by atoms with van der Waals surface area (Å²) < 4.78 is 0. The van der Waals surface area contributed by atoms with Crippen molar-refractivity contribution < 1.29 is 0 Å². The van der Waals surface area contributed by atoms with E-state index in [-0.39, 0.29) is 0 Å². The molecule has 0 aliphatic carbocycles. The average molecular weight is 302 g/mol. The summed E-state index contributed by atoms with van der Waals surface area (Å²) in [6.07, 6.45) is 0. The molecule has 4 rings (SSSR count). The van der Waals surface area contributed by atoms with Crippen molar-refractivity contribution in [2.24, 2.45) is 0 Å². The normalized spacial score (nSPS) is 15.8. The SMILES string of the molecule is c1ccc(-c2ccc3ccccc3c2)c(CN2CCNCC2)c1. The summed E-state index contributed by atoms with van der Waals surface area (Å²) in [7, 11) is 0. The quantitative estimate of drug-likeness (QED) is 0.789. The minimum Gasteiger partial charge on any atom is -0.314 e. The average Bonchev–Trinajstić information content (AvgIpc) is 2.63. The van der Waals surface area contributed by atoms with Crippen molar-refractivity contribution in [2.75, 3.05) is 26.2 Å². The largest absolute Gasteiger partial charge is 0.314 e. The summed E-state index contributed by atoms with van der Waals surface area (Å²) >= 11 is 0. The number of fused-ring (bicyclic) bond motifs is 1. The van der Waals surface area contributed by atoms with Gasteiger partial charge in [-0.1, -0.05) is 60.7 Å². The van der Waals surface area contributed by atoms with Gasteiger partial charge >= 0.3 is 0 Å². The maximum absolute atomic E-state index is 3.43. The van der Waals surface area contributed by atoms with Gasteiger partial charge in [0.2, 0.25) is 0 Å². The van der Waals surface area contributed by atoms with E-state index in [1.54, 1.807) is 0 Å². The number of hydrogen-bond acceptors (Lipinski definition) is 2. The monoisotopic (exact) mass is 302 g/mol. The summed E-state index contributed by atoms with van der Waals surface area (Å²) in [6.45, 7) is 5.49. The molecule has 2 nitrogen and oxygen atoms in total. The summed E-state index contributed by atoms with van der Waals surface area (Å²) in [5.74, 6) is 0. The van der Waals surface area contributed by atoms with Crippen LogP contribution in [-0.2, 0) is 6.54 Å². The van der Waals surface area contributed by atoms with Crippen molar-refractivity contribution >= 4 is 10.8 Å². The molecule has 3 aromatic rings. The Morgan fingerprint density at radius 1 is 0.783 bits per heavy atom. The van der Waals surface area contributed by atoms with E-state index < -0.39 is 0 Å². The summed E-state index contributed by atoms with van der Waals surface area (Å²) in [5, 5.41) is 6.03. The first kappa shape index (κ1) is 14.4. The second kappa shape index (κ2) is 6.53. The zero-order chi connectivity index (χ0) is 15.5. The maximum Gasteiger partial charge on any atom is 0.0240 e. The molecular weight excluding hydrogens is 280 g/mol. The zero-order valence-electron chi connectivity index (χ0n) is 13.3. The van der Waals surface area contributed by atoms with E-state index in [1.807, 2.05) is 0 Å². The van der Waals surface area contributed by atoms with Crippen molar-refractivity contribution in [3.8, 4) is 11.1 Å². The highest BCUT2D eigenvalue weighted by atomic mass is 15.2. The van der Waals surface area contributed by atoms with E-state index in [1.165, 1.54) is 27.5 Å². The zero-order valence-corrected chi connectivity index (χ0v) is 13.3. The van der Waals surface area contributed by atoms with Crippen LogP contribution in [0.15, 0.2) is 66.7 Å². The van der Waals surface area contributed by atoms with Gasteiger partial charge in [-0.25, -0.2) is 0 Å². The lowest BCUT2D eigenvalue weighted by Crippen LogP contribution is -2.42. The van der Waals surface area contributed by atoms with E-state index in [9.17, 15) is 0 Å². The third-order valence-electron chi connectivity index (χ3n) is 4.68. The Morgan fingerprint density at radius 2 is 1.52 bits per heavy atom. The Balaban J connectivity index is 1.69. The van der Waals surface area contributed by atoms with Crippen molar-refractivity contribution in [1.29, 1.82) is 0 Å². The molecule has 1 heterocycles. The molecule has 0 saturated carbocycles. The molecular formula is C21H22N2. The minimum atomic E-state index is 1.03. The molecule has 116 valence electrons. The lowest BCUT2D eigenvalue weighted by molar-refractivity contribution is 0.233. The molecule has 3 aromatic carbocycles. The van der Waals surface area contributed by atoms with Gasteiger partial charge in [0.15, 0.2) is 0 Å². The van der Waals surface area contributed by atoms with Crippen LogP contribution in [0.25, 0.3) is 21.9 Å². The van der Waals surface area contributed by atoms with Gasteiger partial charge in [-0.3, -0.25) is 4.90 Å². The Hall–Kier alpha value is -2.16. The minimum absolute atomic E-state index is 1.03. The summed E-state index contributed by atoms with van der Waals surface area (Å²) in [4.78, 5) is 2.54. The molecule has 0 spiro atoms. The summed E-state index contributed by atoms with van der Waals surface area (Å²) in [6, 6.07) is 24.2. The van der Waals surface area contributed by atoms with Gasteiger partial charge in [0, 0.05) is 32.7 Å². The lowest BCUT2D eigenvalue weighted by Gasteiger charge is -2.28. The van der Waals surface area contributed by atoms with Crippen LogP contribution in [-0.4, -0.2) is 31.1 Å². The molecule has 23 heavy (non-hydrogen) atoms. The van der Waals surface area contributed by atoms with E-state index >= 15 is 0 Å². The molecule has 1 aliphatic heterocycles. The Kier molecular flexibility index (Phi) is 4.10. The van der Waals surface area contributed by atoms with Crippen LogP contribution in [0.4, 0.5) is 0 Å². The van der Waals surface area contributed by atoms with Crippen molar-refractivity contribution in [1.82, 2.24) is 10.2 Å². The van der Waals surface area contributed by atoms with Crippen LogP contribution in [0, 0.1) is 0 Å². The Morgan fingerprint density at radius 3 is 2.39 bits per heavy atom. The van der Waals surface area contributed by atoms with Gasteiger partial charge in [0.25, 0.3) is 0 Å². The highest BCUT2D eigenvalue weighted by Gasteiger charge is 2.12. The topological polar surface area (TPSA) is 15.3 Å². The molecule has 1 N–H and O–H groups in total. The predicted octanol–water partition coefficient (Wildman–Crippen LogP) is 3.91. The molecule has 0 amide bonds. The maximum atomic E-state index is 3.43. The first-order valence-corrected chi connectivity index (χ1v) is 8.40. The Labute approximate surface area is 137 Å².